The van der Waals surface area contributed by atoms with Crippen molar-refractivity contribution in [3.8, 4) is 5.75 Å². The van der Waals surface area contributed by atoms with Gasteiger partial charge in [0.1, 0.15) is 17.7 Å². The minimum absolute atomic E-state index is 0.117. The number of rotatable bonds is 2. The molecule has 1 heterocycles. The van der Waals surface area contributed by atoms with E-state index in [1.807, 2.05) is 12.1 Å². The molecule has 20 heavy (non-hydrogen) atoms. The second-order valence-corrected chi connectivity index (χ2v) is 5.26. The highest BCUT2D eigenvalue weighted by atomic mass is 35.5. The summed E-state index contributed by atoms with van der Waals surface area (Å²) in [6, 6.07) is 9.83. The third kappa shape index (κ3) is 2.39. The first-order valence-corrected chi connectivity index (χ1v) is 6.92. The molecule has 3 rings (SSSR count). The standard InChI is InChI=1S/C16H14ClFO2/c17-12-4-1-5-13(18)15(12)16(19)11-6-7-14-10(9-11)3-2-8-20-14/h1,4-7,9,16,19H,2-3,8H2. The topological polar surface area (TPSA) is 29.5 Å². The molecule has 1 aliphatic heterocycles. The molecule has 0 saturated carbocycles. The highest BCUT2D eigenvalue weighted by Gasteiger charge is 2.20. The van der Waals surface area contributed by atoms with Gasteiger partial charge in [0.25, 0.3) is 0 Å². The van der Waals surface area contributed by atoms with Crippen molar-refractivity contribution in [1.82, 2.24) is 0 Å². The number of benzene rings is 2. The monoisotopic (exact) mass is 292 g/mol. The first-order chi connectivity index (χ1) is 9.66. The number of aliphatic hydroxyl groups excluding tert-OH is 1. The van der Waals surface area contributed by atoms with Crippen LogP contribution in [0.3, 0.4) is 0 Å². The SMILES string of the molecule is OC(c1ccc2c(c1)CCCO2)c1c(F)cccc1Cl. The molecule has 1 aliphatic rings. The van der Waals surface area contributed by atoms with E-state index in [4.69, 9.17) is 16.3 Å². The number of hydrogen-bond donors (Lipinski definition) is 1. The summed E-state index contributed by atoms with van der Waals surface area (Å²) in [6.45, 7) is 0.716. The highest BCUT2D eigenvalue weighted by molar-refractivity contribution is 6.31. The van der Waals surface area contributed by atoms with E-state index >= 15 is 0 Å². The van der Waals surface area contributed by atoms with Crippen LogP contribution in [0.25, 0.3) is 0 Å². The summed E-state index contributed by atoms with van der Waals surface area (Å²) in [4.78, 5) is 0. The van der Waals surface area contributed by atoms with Crippen LogP contribution in [0.15, 0.2) is 36.4 Å². The van der Waals surface area contributed by atoms with Crippen LogP contribution < -0.4 is 4.74 Å². The van der Waals surface area contributed by atoms with E-state index in [0.29, 0.717) is 12.2 Å². The van der Waals surface area contributed by atoms with Gasteiger partial charge < -0.3 is 9.84 Å². The van der Waals surface area contributed by atoms with E-state index in [9.17, 15) is 9.50 Å². The number of fused-ring (bicyclic) bond motifs is 1. The van der Waals surface area contributed by atoms with E-state index in [0.717, 1.165) is 24.2 Å². The van der Waals surface area contributed by atoms with Crippen LogP contribution >= 0.6 is 11.6 Å². The Bertz CT molecular complexity index is 622. The summed E-state index contributed by atoms with van der Waals surface area (Å²) in [6.07, 6.45) is 0.782. The maximum absolute atomic E-state index is 13.9. The lowest BCUT2D eigenvalue weighted by Gasteiger charge is -2.20. The lowest BCUT2D eigenvalue weighted by atomic mass is 9.96. The summed E-state index contributed by atoms with van der Waals surface area (Å²) in [7, 11) is 0. The van der Waals surface area contributed by atoms with Gasteiger partial charge in [0.2, 0.25) is 0 Å². The van der Waals surface area contributed by atoms with E-state index in [-0.39, 0.29) is 10.6 Å². The summed E-state index contributed by atoms with van der Waals surface area (Å²) in [5, 5.41) is 10.6. The zero-order valence-electron chi connectivity index (χ0n) is 10.8. The van der Waals surface area contributed by atoms with Crippen LogP contribution in [0.4, 0.5) is 4.39 Å². The zero-order chi connectivity index (χ0) is 14.1. The van der Waals surface area contributed by atoms with Crippen molar-refractivity contribution in [3.63, 3.8) is 0 Å². The van der Waals surface area contributed by atoms with Crippen molar-refractivity contribution in [1.29, 1.82) is 0 Å². The molecule has 2 nitrogen and oxygen atoms in total. The zero-order valence-corrected chi connectivity index (χ0v) is 11.5. The maximum Gasteiger partial charge on any atom is 0.130 e. The Morgan fingerprint density at radius 2 is 2.10 bits per heavy atom. The van der Waals surface area contributed by atoms with Gasteiger partial charge in [-0.05, 0) is 48.2 Å². The van der Waals surface area contributed by atoms with Crippen LogP contribution in [-0.2, 0) is 6.42 Å². The van der Waals surface area contributed by atoms with Crippen molar-refractivity contribution >= 4 is 11.6 Å². The van der Waals surface area contributed by atoms with Crippen LogP contribution in [0.5, 0.6) is 5.75 Å². The largest absolute Gasteiger partial charge is 0.493 e. The maximum atomic E-state index is 13.9. The third-order valence-electron chi connectivity index (χ3n) is 3.52. The molecule has 0 spiro atoms. The van der Waals surface area contributed by atoms with Crippen LogP contribution in [-0.4, -0.2) is 11.7 Å². The lowest BCUT2D eigenvalue weighted by molar-refractivity contribution is 0.214. The second kappa shape index (κ2) is 5.43. The molecule has 0 bridgehead atoms. The first kappa shape index (κ1) is 13.4. The van der Waals surface area contributed by atoms with Gasteiger partial charge in [-0.3, -0.25) is 0 Å². The molecule has 1 unspecified atom stereocenters. The quantitative estimate of drug-likeness (QED) is 0.910. The van der Waals surface area contributed by atoms with Crippen molar-refractivity contribution in [2.24, 2.45) is 0 Å². The number of hydrogen-bond acceptors (Lipinski definition) is 2. The molecule has 0 aliphatic carbocycles. The molecule has 2 aromatic rings. The Morgan fingerprint density at radius 1 is 1.25 bits per heavy atom. The van der Waals surface area contributed by atoms with Gasteiger partial charge in [0, 0.05) is 10.6 Å². The number of aliphatic hydroxyl groups is 1. The second-order valence-electron chi connectivity index (χ2n) is 4.86. The fraction of sp³-hybridized carbons (Fsp3) is 0.250. The Labute approximate surface area is 121 Å². The number of ether oxygens (including phenoxy) is 1. The van der Waals surface area contributed by atoms with Crippen LogP contribution in [0.2, 0.25) is 5.02 Å². The minimum Gasteiger partial charge on any atom is -0.493 e. The van der Waals surface area contributed by atoms with Crippen LogP contribution in [0, 0.1) is 5.82 Å². The molecule has 104 valence electrons. The van der Waals surface area contributed by atoms with Crippen molar-refractivity contribution in [2.45, 2.75) is 18.9 Å². The number of halogens is 2. The van der Waals surface area contributed by atoms with Gasteiger partial charge in [-0.15, -0.1) is 0 Å². The van der Waals surface area contributed by atoms with Crippen molar-refractivity contribution in [3.05, 3.63) is 63.9 Å². The van der Waals surface area contributed by atoms with Gasteiger partial charge in [-0.1, -0.05) is 23.7 Å². The molecule has 4 heteroatoms. The molecule has 1 N–H and O–H groups in total. The normalized spacial score (nSPS) is 15.3. The molecule has 0 saturated heterocycles. The van der Waals surface area contributed by atoms with Gasteiger partial charge >= 0.3 is 0 Å². The molecule has 2 aromatic carbocycles. The molecular weight excluding hydrogens is 279 g/mol. The molecule has 0 aromatic heterocycles. The van der Waals surface area contributed by atoms with E-state index in [2.05, 4.69) is 0 Å². The van der Waals surface area contributed by atoms with E-state index in [1.54, 1.807) is 12.1 Å². The van der Waals surface area contributed by atoms with E-state index < -0.39 is 11.9 Å². The Hall–Kier alpha value is -1.58. The van der Waals surface area contributed by atoms with Crippen molar-refractivity contribution in [2.75, 3.05) is 6.61 Å². The number of aryl methyl sites for hydroxylation is 1. The minimum atomic E-state index is -1.07. The molecule has 0 radical (unpaired) electrons. The fourth-order valence-corrected chi connectivity index (χ4v) is 2.76. The van der Waals surface area contributed by atoms with Gasteiger partial charge in [0.05, 0.1) is 6.61 Å². The predicted molar refractivity (Wildman–Crippen MR) is 75.7 cm³/mol. The molecule has 0 amide bonds. The van der Waals surface area contributed by atoms with E-state index in [1.165, 1.54) is 12.1 Å². The lowest BCUT2D eigenvalue weighted by Crippen LogP contribution is -2.10. The average molecular weight is 293 g/mol. The fourth-order valence-electron chi connectivity index (χ4n) is 2.49. The molecule has 1 atom stereocenters. The summed E-state index contributed by atoms with van der Waals surface area (Å²) in [5.41, 5.74) is 1.78. The Balaban J connectivity index is 2.00. The average Bonchev–Trinajstić information content (AvgIpc) is 2.46. The Kier molecular flexibility index (Phi) is 3.64. The highest BCUT2D eigenvalue weighted by Crippen LogP contribution is 2.33. The first-order valence-electron chi connectivity index (χ1n) is 6.54. The smallest absolute Gasteiger partial charge is 0.130 e. The summed E-state index contributed by atoms with van der Waals surface area (Å²) in [5.74, 6) is 0.339. The molecular formula is C16H14ClFO2. The van der Waals surface area contributed by atoms with Gasteiger partial charge in [-0.25, -0.2) is 4.39 Å². The Morgan fingerprint density at radius 3 is 2.90 bits per heavy atom. The van der Waals surface area contributed by atoms with Gasteiger partial charge in [0.15, 0.2) is 0 Å². The predicted octanol–water partition coefficient (Wildman–Crippen LogP) is 3.89. The summed E-state index contributed by atoms with van der Waals surface area (Å²) >= 11 is 5.99. The third-order valence-corrected chi connectivity index (χ3v) is 3.85. The van der Waals surface area contributed by atoms with Crippen LogP contribution in [0.1, 0.15) is 29.2 Å². The molecule has 0 fully saturated rings. The van der Waals surface area contributed by atoms with Gasteiger partial charge in [-0.2, -0.15) is 0 Å². The summed E-state index contributed by atoms with van der Waals surface area (Å²) < 4.78 is 19.4. The van der Waals surface area contributed by atoms with Crippen molar-refractivity contribution < 1.29 is 14.2 Å².